The van der Waals surface area contributed by atoms with E-state index in [1.165, 1.54) is 11.8 Å². The minimum atomic E-state index is -0.132. The lowest BCUT2D eigenvalue weighted by Crippen LogP contribution is -2.17. The van der Waals surface area contributed by atoms with E-state index in [0.29, 0.717) is 42.1 Å². The van der Waals surface area contributed by atoms with Gasteiger partial charge in [0.15, 0.2) is 22.5 Å². The van der Waals surface area contributed by atoms with Crippen molar-refractivity contribution in [1.29, 1.82) is 0 Å². The Kier molecular flexibility index (Phi) is 5.63. The van der Waals surface area contributed by atoms with Crippen molar-refractivity contribution in [2.24, 2.45) is 0 Å². The number of carbonyl (C=O) groups is 1. The zero-order chi connectivity index (χ0) is 19.3. The van der Waals surface area contributed by atoms with Crippen LogP contribution in [0.25, 0.3) is 10.7 Å². The van der Waals surface area contributed by atoms with Gasteiger partial charge in [-0.15, -0.1) is 28.1 Å². The zero-order valence-corrected chi connectivity index (χ0v) is 16.6. The third-order valence-corrected chi connectivity index (χ3v) is 5.76. The molecule has 3 aromatic rings. The summed E-state index contributed by atoms with van der Waals surface area (Å²) in [5.74, 6) is 2.20. The molecule has 0 aliphatic carbocycles. The Labute approximate surface area is 170 Å². The summed E-state index contributed by atoms with van der Waals surface area (Å²) in [4.78, 5) is 13.4. The van der Waals surface area contributed by atoms with Crippen LogP contribution in [0.4, 0.5) is 5.69 Å². The number of aromatic nitrogens is 3. The summed E-state index contributed by atoms with van der Waals surface area (Å²) in [6, 6.07) is 9.33. The van der Waals surface area contributed by atoms with Crippen LogP contribution >= 0.6 is 23.1 Å². The van der Waals surface area contributed by atoms with Gasteiger partial charge in [0.25, 0.3) is 0 Å². The summed E-state index contributed by atoms with van der Waals surface area (Å²) in [7, 11) is 0. The standard InChI is InChI=1S/C19H18N4O3S2/c1-2-7-23-18(16-4-3-10-27-16)21-22-19(23)28-12-17(24)20-13-5-6-14-15(11-13)26-9-8-25-14/h2-6,10-11H,1,7-9,12H2,(H,20,24). The molecule has 0 bridgehead atoms. The first-order valence-corrected chi connectivity index (χ1v) is 10.5. The second-order valence-corrected chi connectivity index (χ2v) is 7.77. The van der Waals surface area contributed by atoms with Gasteiger partial charge < -0.3 is 14.8 Å². The van der Waals surface area contributed by atoms with Gasteiger partial charge in [-0.25, -0.2) is 0 Å². The van der Waals surface area contributed by atoms with Crippen LogP contribution in [-0.2, 0) is 11.3 Å². The number of benzene rings is 1. The van der Waals surface area contributed by atoms with Crippen LogP contribution in [0.5, 0.6) is 11.5 Å². The normalized spacial score (nSPS) is 12.6. The van der Waals surface area contributed by atoms with Crippen molar-refractivity contribution in [2.45, 2.75) is 11.7 Å². The Bertz CT molecular complexity index is 985. The molecule has 28 heavy (non-hydrogen) atoms. The fourth-order valence-corrected chi connectivity index (χ4v) is 4.19. The predicted molar refractivity (Wildman–Crippen MR) is 110 cm³/mol. The fraction of sp³-hybridized carbons (Fsp3) is 0.211. The molecule has 3 heterocycles. The number of ether oxygens (including phenoxy) is 2. The third-order valence-electron chi connectivity index (χ3n) is 3.93. The van der Waals surface area contributed by atoms with E-state index in [0.717, 1.165) is 10.7 Å². The van der Waals surface area contributed by atoms with Crippen molar-refractivity contribution in [2.75, 3.05) is 24.3 Å². The van der Waals surface area contributed by atoms with Crippen molar-refractivity contribution < 1.29 is 14.3 Å². The summed E-state index contributed by atoms with van der Waals surface area (Å²) < 4.78 is 13.0. The topological polar surface area (TPSA) is 78.3 Å². The highest BCUT2D eigenvalue weighted by Crippen LogP contribution is 2.33. The fourth-order valence-electron chi connectivity index (χ4n) is 2.73. The quantitative estimate of drug-likeness (QED) is 0.469. The molecule has 0 atom stereocenters. The minimum absolute atomic E-state index is 0.132. The van der Waals surface area contributed by atoms with Crippen LogP contribution in [0.15, 0.2) is 53.5 Å². The highest BCUT2D eigenvalue weighted by Gasteiger charge is 2.16. The predicted octanol–water partition coefficient (Wildman–Crippen LogP) is 3.69. The molecule has 144 valence electrons. The molecule has 0 unspecified atom stereocenters. The van der Waals surface area contributed by atoms with Crippen LogP contribution < -0.4 is 14.8 Å². The van der Waals surface area contributed by atoms with Gasteiger partial charge in [0, 0.05) is 18.3 Å². The van der Waals surface area contributed by atoms with Crippen LogP contribution in [0.1, 0.15) is 0 Å². The number of fused-ring (bicyclic) bond motifs is 1. The number of carbonyl (C=O) groups excluding carboxylic acids is 1. The second kappa shape index (κ2) is 8.49. The number of amides is 1. The van der Waals surface area contributed by atoms with Crippen molar-refractivity contribution in [3.63, 3.8) is 0 Å². The summed E-state index contributed by atoms with van der Waals surface area (Å²) in [6.07, 6.45) is 1.79. The molecule has 1 amide bonds. The minimum Gasteiger partial charge on any atom is -0.486 e. The smallest absolute Gasteiger partial charge is 0.234 e. The first kappa shape index (κ1) is 18.6. The molecule has 1 aliphatic heterocycles. The number of anilines is 1. The largest absolute Gasteiger partial charge is 0.486 e. The lowest BCUT2D eigenvalue weighted by molar-refractivity contribution is -0.113. The van der Waals surface area contributed by atoms with E-state index in [4.69, 9.17) is 9.47 Å². The number of thioether (sulfide) groups is 1. The number of rotatable bonds is 7. The molecule has 0 radical (unpaired) electrons. The maximum atomic E-state index is 12.4. The Morgan fingerprint density at radius 2 is 2.14 bits per heavy atom. The molecule has 1 N–H and O–H groups in total. The molecule has 0 spiro atoms. The first-order valence-electron chi connectivity index (χ1n) is 8.65. The van der Waals surface area contributed by atoms with Gasteiger partial charge in [-0.1, -0.05) is 23.9 Å². The number of hydrogen-bond acceptors (Lipinski definition) is 7. The summed E-state index contributed by atoms with van der Waals surface area (Å²) in [6.45, 7) is 5.42. The maximum Gasteiger partial charge on any atom is 0.234 e. The lowest BCUT2D eigenvalue weighted by atomic mass is 10.2. The highest BCUT2D eigenvalue weighted by atomic mass is 32.2. The van der Waals surface area contributed by atoms with Crippen LogP contribution in [0, 0.1) is 0 Å². The van der Waals surface area contributed by atoms with Crippen molar-refractivity contribution >= 4 is 34.7 Å². The van der Waals surface area contributed by atoms with Crippen molar-refractivity contribution in [1.82, 2.24) is 14.8 Å². The van der Waals surface area contributed by atoms with E-state index >= 15 is 0 Å². The first-order chi connectivity index (χ1) is 13.7. The Balaban J connectivity index is 1.41. The number of nitrogens with one attached hydrogen (secondary N) is 1. The van der Waals surface area contributed by atoms with E-state index in [9.17, 15) is 4.79 Å². The molecule has 9 heteroatoms. The van der Waals surface area contributed by atoms with Gasteiger partial charge in [0.1, 0.15) is 13.2 Å². The molecule has 0 saturated carbocycles. The number of thiophene rings is 1. The molecular formula is C19H18N4O3S2. The monoisotopic (exact) mass is 414 g/mol. The zero-order valence-electron chi connectivity index (χ0n) is 15.0. The molecule has 0 saturated heterocycles. The molecule has 1 aliphatic rings. The van der Waals surface area contributed by atoms with Crippen LogP contribution in [0.3, 0.4) is 0 Å². The van der Waals surface area contributed by atoms with Crippen LogP contribution in [0.2, 0.25) is 0 Å². The molecular weight excluding hydrogens is 396 g/mol. The van der Waals surface area contributed by atoms with Gasteiger partial charge >= 0.3 is 0 Å². The second-order valence-electron chi connectivity index (χ2n) is 5.88. The van der Waals surface area contributed by atoms with Crippen molar-refractivity contribution in [3.8, 4) is 22.2 Å². The average molecular weight is 415 g/mol. The van der Waals surface area contributed by atoms with E-state index in [1.54, 1.807) is 35.6 Å². The third kappa shape index (κ3) is 4.05. The molecule has 4 rings (SSSR count). The maximum absolute atomic E-state index is 12.4. The number of allylic oxidation sites excluding steroid dienone is 1. The summed E-state index contributed by atoms with van der Waals surface area (Å²) >= 11 is 2.94. The summed E-state index contributed by atoms with van der Waals surface area (Å²) in [5.41, 5.74) is 0.668. The van der Waals surface area contributed by atoms with Gasteiger partial charge in [0.2, 0.25) is 5.91 Å². The molecule has 2 aromatic heterocycles. The van der Waals surface area contributed by atoms with Gasteiger partial charge in [-0.05, 0) is 23.6 Å². The average Bonchev–Trinajstić information content (AvgIpc) is 3.36. The Morgan fingerprint density at radius 3 is 2.93 bits per heavy atom. The summed E-state index contributed by atoms with van der Waals surface area (Å²) in [5, 5.41) is 14.1. The van der Waals surface area contributed by atoms with E-state index < -0.39 is 0 Å². The molecule has 7 nitrogen and oxygen atoms in total. The van der Waals surface area contributed by atoms with Gasteiger partial charge in [0.05, 0.1) is 10.6 Å². The highest BCUT2D eigenvalue weighted by molar-refractivity contribution is 7.99. The number of hydrogen-bond donors (Lipinski definition) is 1. The molecule has 1 aromatic carbocycles. The van der Waals surface area contributed by atoms with E-state index in [-0.39, 0.29) is 11.7 Å². The Morgan fingerprint density at radius 1 is 1.29 bits per heavy atom. The van der Waals surface area contributed by atoms with E-state index in [1.807, 2.05) is 22.1 Å². The molecule has 0 fully saturated rings. The SMILES string of the molecule is C=CCn1c(SCC(=O)Nc2ccc3c(c2)OCCO3)nnc1-c1cccs1. The lowest BCUT2D eigenvalue weighted by Gasteiger charge is -2.19. The van der Waals surface area contributed by atoms with Crippen LogP contribution in [-0.4, -0.2) is 39.6 Å². The van der Waals surface area contributed by atoms with Gasteiger partial charge in [-0.2, -0.15) is 0 Å². The Hall–Kier alpha value is -2.78. The number of nitrogens with zero attached hydrogens (tertiary/aromatic N) is 3. The van der Waals surface area contributed by atoms with Gasteiger partial charge in [-0.3, -0.25) is 9.36 Å². The van der Waals surface area contributed by atoms with E-state index in [2.05, 4.69) is 22.1 Å². The van der Waals surface area contributed by atoms with Crippen molar-refractivity contribution in [3.05, 3.63) is 48.4 Å².